The summed E-state index contributed by atoms with van der Waals surface area (Å²) in [7, 11) is 0. The van der Waals surface area contributed by atoms with E-state index in [9.17, 15) is 22.8 Å². The molecule has 34 heavy (non-hydrogen) atoms. The molecule has 174 valence electrons. The Morgan fingerprint density at radius 1 is 1.09 bits per heavy atom. The van der Waals surface area contributed by atoms with Gasteiger partial charge in [0.25, 0.3) is 5.91 Å². The number of amides is 1. The van der Waals surface area contributed by atoms with E-state index in [4.69, 9.17) is 9.47 Å². The first-order valence-corrected chi connectivity index (χ1v) is 10.2. The van der Waals surface area contributed by atoms with Crippen LogP contribution < -0.4 is 5.32 Å². The molecule has 3 aromatic rings. The van der Waals surface area contributed by atoms with Gasteiger partial charge in [0.15, 0.2) is 0 Å². The Balaban J connectivity index is 1.60. The van der Waals surface area contributed by atoms with Crippen LogP contribution in [0.15, 0.2) is 61.1 Å². The number of hydrogen-bond donors (Lipinski definition) is 1. The van der Waals surface area contributed by atoms with Crippen molar-refractivity contribution in [2.24, 2.45) is 0 Å². The summed E-state index contributed by atoms with van der Waals surface area (Å²) in [6.07, 6.45) is 5.13. The Kier molecular flexibility index (Phi) is 6.58. The van der Waals surface area contributed by atoms with E-state index in [1.54, 1.807) is 12.1 Å². The number of hydrogen-bond acceptors (Lipinski definition) is 6. The second-order valence-electron chi connectivity index (χ2n) is 7.38. The molecule has 10 heteroatoms. The first-order chi connectivity index (χ1) is 16.3. The van der Waals surface area contributed by atoms with Crippen LogP contribution in [0, 0.1) is 17.5 Å². The fourth-order valence-corrected chi connectivity index (χ4v) is 3.52. The van der Waals surface area contributed by atoms with Crippen LogP contribution in [0.2, 0.25) is 0 Å². The Morgan fingerprint density at radius 3 is 2.59 bits per heavy atom. The van der Waals surface area contributed by atoms with Gasteiger partial charge in [0.1, 0.15) is 41.0 Å². The van der Waals surface area contributed by atoms with Crippen molar-refractivity contribution in [1.29, 1.82) is 0 Å². The zero-order chi connectivity index (χ0) is 24.2. The second-order valence-corrected chi connectivity index (χ2v) is 7.38. The summed E-state index contributed by atoms with van der Waals surface area (Å²) in [5.41, 5.74) is -0.738. The lowest BCUT2D eigenvalue weighted by Gasteiger charge is -2.26. The molecule has 7 nitrogen and oxygen atoms in total. The van der Waals surface area contributed by atoms with Crippen LogP contribution in [0.4, 0.5) is 18.9 Å². The molecule has 1 aliphatic heterocycles. The average molecular weight is 469 g/mol. The molecule has 2 atom stereocenters. The minimum atomic E-state index is -1.01. The Morgan fingerprint density at radius 2 is 1.85 bits per heavy atom. The van der Waals surface area contributed by atoms with Gasteiger partial charge in [-0.25, -0.2) is 18.2 Å². The van der Waals surface area contributed by atoms with Crippen LogP contribution in [0.1, 0.15) is 35.5 Å². The maximum absolute atomic E-state index is 14.3. The van der Waals surface area contributed by atoms with Gasteiger partial charge in [-0.3, -0.25) is 14.6 Å². The largest absolute Gasteiger partial charge is 0.493 e. The number of rotatable bonds is 5. The number of nitrogens with one attached hydrogen (secondary N) is 1. The molecule has 1 amide bonds. The highest BCUT2D eigenvalue weighted by molar-refractivity contribution is 6.03. The molecule has 1 aromatic carbocycles. The standard InChI is InChI=1S/C24H18F3N3O4/c1-13(31)34-14-8-10-33-21(11-14)15-7-9-28-12-20(15)30-24(32)19-6-5-18(27)23(29-19)22-16(25)3-2-4-17(22)26/h2-10,12,14,21H,11H2,1H3,(H,30,32). The summed E-state index contributed by atoms with van der Waals surface area (Å²) < 4.78 is 53.5. The zero-order valence-electron chi connectivity index (χ0n) is 17.8. The lowest BCUT2D eigenvalue weighted by atomic mass is 10.0. The van der Waals surface area contributed by atoms with Crippen molar-refractivity contribution in [2.45, 2.75) is 25.6 Å². The number of benzene rings is 1. The second kappa shape index (κ2) is 9.74. The smallest absolute Gasteiger partial charge is 0.303 e. The van der Waals surface area contributed by atoms with Crippen molar-refractivity contribution in [3.8, 4) is 11.3 Å². The van der Waals surface area contributed by atoms with Crippen LogP contribution in [0.3, 0.4) is 0 Å². The summed E-state index contributed by atoms with van der Waals surface area (Å²) in [4.78, 5) is 32.0. The molecule has 0 radical (unpaired) electrons. The molecule has 2 aromatic heterocycles. The fourth-order valence-electron chi connectivity index (χ4n) is 3.52. The fraction of sp³-hybridized carbons (Fsp3) is 0.167. The number of ether oxygens (including phenoxy) is 2. The molecule has 0 spiro atoms. The first kappa shape index (κ1) is 23.0. The van der Waals surface area contributed by atoms with Gasteiger partial charge in [-0.05, 0) is 36.4 Å². The van der Waals surface area contributed by atoms with E-state index < -0.39 is 52.8 Å². The molecule has 0 aliphatic carbocycles. The van der Waals surface area contributed by atoms with Gasteiger partial charge < -0.3 is 14.8 Å². The van der Waals surface area contributed by atoms with Crippen molar-refractivity contribution in [1.82, 2.24) is 9.97 Å². The topological polar surface area (TPSA) is 90.4 Å². The normalized spacial score (nSPS) is 17.1. The number of halogens is 3. The van der Waals surface area contributed by atoms with E-state index in [1.807, 2.05) is 0 Å². The van der Waals surface area contributed by atoms with Crippen molar-refractivity contribution >= 4 is 17.6 Å². The van der Waals surface area contributed by atoms with Crippen LogP contribution in [0.25, 0.3) is 11.3 Å². The molecule has 1 aliphatic rings. The minimum absolute atomic E-state index is 0.267. The van der Waals surface area contributed by atoms with E-state index in [0.29, 0.717) is 12.0 Å². The summed E-state index contributed by atoms with van der Waals surface area (Å²) >= 11 is 0. The lowest BCUT2D eigenvalue weighted by molar-refractivity contribution is -0.146. The Bertz CT molecular complexity index is 1260. The van der Waals surface area contributed by atoms with Crippen molar-refractivity contribution in [3.05, 3.63) is 89.8 Å². The molecule has 2 unspecified atom stereocenters. The Labute approximate surface area is 192 Å². The third-order valence-corrected chi connectivity index (χ3v) is 5.03. The van der Waals surface area contributed by atoms with Gasteiger partial charge in [0.05, 0.1) is 23.7 Å². The highest BCUT2D eigenvalue weighted by Gasteiger charge is 2.26. The maximum Gasteiger partial charge on any atom is 0.303 e. The first-order valence-electron chi connectivity index (χ1n) is 10.2. The van der Waals surface area contributed by atoms with Crippen LogP contribution in [-0.2, 0) is 14.3 Å². The van der Waals surface area contributed by atoms with E-state index >= 15 is 0 Å². The third-order valence-electron chi connectivity index (χ3n) is 5.03. The van der Waals surface area contributed by atoms with Gasteiger partial charge >= 0.3 is 5.97 Å². The molecule has 0 bridgehead atoms. The minimum Gasteiger partial charge on any atom is -0.493 e. The average Bonchev–Trinajstić information content (AvgIpc) is 2.80. The van der Waals surface area contributed by atoms with Gasteiger partial charge in [-0.15, -0.1) is 0 Å². The van der Waals surface area contributed by atoms with Crippen LogP contribution >= 0.6 is 0 Å². The molecule has 0 saturated carbocycles. The van der Waals surface area contributed by atoms with Gasteiger partial charge in [-0.2, -0.15) is 0 Å². The predicted octanol–water partition coefficient (Wildman–Crippen LogP) is 4.72. The van der Waals surface area contributed by atoms with Crippen LogP contribution in [0.5, 0.6) is 0 Å². The molecule has 0 fully saturated rings. The maximum atomic E-state index is 14.3. The molecular weight excluding hydrogens is 451 g/mol. The number of anilines is 1. The molecule has 1 N–H and O–H groups in total. The number of esters is 1. The Hall–Kier alpha value is -4.21. The predicted molar refractivity (Wildman–Crippen MR) is 115 cm³/mol. The number of carbonyl (C=O) groups excluding carboxylic acids is 2. The summed E-state index contributed by atoms with van der Waals surface area (Å²) in [6, 6.07) is 6.71. The molecular formula is C24H18F3N3O4. The quantitative estimate of drug-likeness (QED) is 0.544. The van der Waals surface area contributed by atoms with Gasteiger partial charge in [0.2, 0.25) is 0 Å². The lowest BCUT2D eigenvalue weighted by Crippen LogP contribution is -2.23. The highest BCUT2D eigenvalue weighted by atomic mass is 19.1. The SMILES string of the molecule is CC(=O)OC1C=COC(c2ccncc2NC(=O)c2ccc(F)c(-c3c(F)cccc3F)n2)C1. The van der Waals surface area contributed by atoms with Crippen molar-refractivity contribution in [3.63, 3.8) is 0 Å². The number of nitrogens with zero attached hydrogens (tertiary/aromatic N) is 2. The number of carbonyl (C=O) groups is 2. The summed E-state index contributed by atoms with van der Waals surface area (Å²) in [5.74, 6) is -4.20. The molecule has 3 heterocycles. The highest BCUT2D eigenvalue weighted by Crippen LogP contribution is 2.33. The van der Waals surface area contributed by atoms with Gasteiger partial charge in [-0.1, -0.05) is 6.07 Å². The van der Waals surface area contributed by atoms with E-state index in [1.165, 1.54) is 25.6 Å². The number of pyridine rings is 2. The van der Waals surface area contributed by atoms with Crippen LogP contribution in [-0.4, -0.2) is 27.9 Å². The zero-order valence-corrected chi connectivity index (χ0v) is 17.8. The van der Waals surface area contributed by atoms with Crippen molar-refractivity contribution < 1.29 is 32.2 Å². The van der Waals surface area contributed by atoms with Gasteiger partial charge in [0, 0.05) is 25.1 Å². The van der Waals surface area contributed by atoms with E-state index in [2.05, 4.69) is 15.3 Å². The summed E-state index contributed by atoms with van der Waals surface area (Å²) in [6.45, 7) is 1.30. The molecule has 0 saturated heterocycles. The van der Waals surface area contributed by atoms with Crippen molar-refractivity contribution in [2.75, 3.05) is 5.32 Å². The monoisotopic (exact) mass is 469 g/mol. The number of aromatic nitrogens is 2. The third kappa shape index (κ3) is 4.90. The van der Waals surface area contributed by atoms with E-state index in [0.717, 1.165) is 30.3 Å². The van der Waals surface area contributed by atoms with E-state index in [-0.39, 0.29) is 11.4 Å². The summed E-state index contributed by atoms with van der Waals surface area (Å²) in [5, 5.41) is 2.62. The molecule has 4 rings (SSSR count).